The second-order valence-electron chi connectivity index (χ2n) is 7.04. The predicted octanol–water partition coefficient (Wildman–Crippen LogP) is 6.95. The van der Waals surface area contributed by atoms with Crippen LogP contribution < -0.4 is 0 Å². The van der Waals surface area contributed by atoms with Gasteiger partial charge in [0, 0.05) is 21.5 Å². The number of hydrogen-bond donors (Lipinski definition) is 0. The molecule has 0 bridgehead atoms. The zero-order valence-corrected chi connectivity index (χ0v) is 17.0. The van der Waals surface area contributed by atoms with Crippen molar-refractivity contribution in [3.8, 4) is 11.3 Å². The molecule has 0 amide bonds. The molecule has 0 saturated heterocycles. The molecule has 3 nitrogen and oxygen atoms in total. The summed E-state index contributed by atoms with van der Waals surface area (Å²) in [6.07, 6.45) is 6.10. The highest BCUT2D eigenvalue weighted by atomic mass is 35.5. The third kappa shape index (κ3) is 2.96. The number of rotatable bonds is 4. The lowest BCUT2D eigenvalue weighted by Crippen LogP contribution is -2.08. The molecule has 136 valence electrons. The molecule has 5 rings (SSSR count). The van der Waals surface area contributed by atoms with Crippen molar-refractivity contribution in [2.75, 3.05) is 0 Å². The molecule has 0 N–H and O–H groups in total. The van der Waals surface area contributed by atoms with Crippen molar-refractivity contribution in [2.45, 2.75) is 31.7 Å². The summed E-state index contributed by atoms with van der Waals surface area (Å²) in [7, 11) is 0. The van der Waals surface area contributed by atoms with Crippen molar-refractivity contribution in [3.05, 3.63) is 68.7 Å². The van der Waals surface area contributed by atoms with Gasteiger partial charge in [-0.25, -0.2) is 4.98 Å². The van der Waals surface area contributed by atoms with Gasteiger partial charge in [0.1, 0.15) is 5.52 Å². The maximum Gasteiger partial charge on any atom is 0.107 e. The smallest absolute Gasteiger partial charge is 0.107 e. The van der Waals surface area contributed by atoms with E-state index in [0.717, 1.165) is 32.9 Å². The van der Waals surface area contributed by atoms with Gasteiger partial charge in [-0.05, 0) is 54.8 Å². The van der Waals surface area contributed by atoms with Crippen molar-refractivity contribution >= 4 is 45.6 Å². The van der Waals surface area contributed by atoms with E-state index in [1.807, 2.05) is 18.6 Å². The Kier molecular flexibility index (Phi) is 4.23. The van der Waals surface area contributed by atoms with E-state index < -0.39 is 0 Å². The Labute approximate surface area is 171 Å². The molecule has 1 aromatic carbocycles. The second-order valence-corrected chi connectivity index (χ2v) is 8.60. The Bertz CT molecular complexity index is 1130. The second kappa shape index (κ2) is 6.62. The minimum Gasteiger partial charge on any atom is -0.323 e. The molecule has 1 saturated carbocycles. The van der Waals surface area contributed by atoms with E-state index in [9.17, 15) is 0 Å². The van der Waals surface area contributed by atoms with Gasteiger partial charge in [-0.3, -0.25) is 4.98 Å². The van der Waals surface area contributed by atoms with Gasteiger partial charge >= 0.3 is 0 Å². The van der Waals surface area contributed by atoms with Crippen LogP contribution in [0.4, 0.5) is 0 Å². The molecule has 0 radical (unpaired) electrons. The fraction of sp³-hybridized carbons (Fsp3) is 0.238. The summed E-state index contributed by atoms with van der Waals surface area (Å²) in [6.45, 7) is 2.12. The molecule has 3 aromatic heterocycles. The molecular formula is C21H17Cl2N3S. The molecule has 0 aliphatic heterocycles. The number of imidazole rings is 1. The van der Waals surface area contributed by atoms with Crippen LogP contribution >= 0.6 is 34.5 Å². The van der Waals surface area contributed by atoms with Gasteiger partial charge in [-0.15, -0.1) is 0 Å². The molecule has 1 fully saturated rings. The van der Waals surface area contributed by atoms with E-state index >= 15 is 0 Å². The van der Waals surface area contributed by atoms with Crippen LogP contribution in [-0.2, 0) is 0 Å². The largest absolute Gasteiger partial charge is 0.323 e. The fourth-order valence-corrected chi connectivity index (χ4v) is 5.12. The van der Waals surface area contributed by atoms with E-state index in [1.54, 1.807) is 11.3 Å². The minimum atomic E-state index is -0.0218. The molecule has 1 aliphatic rings. The number of benzene rings is 1. The van der Waals surface area contributed by atoms with Crippen LogP contribution in [0, 0.1) is 0 Å². The number of aromatic nitrogens is 3. The van der Waals surface area contributed by atoms with Crippen molar-refractivity contribution in [3.63, 3.8) is 0 Å². The number of nitrogens with zero attached hydrogens (tertiary/aromatic N) is 3. The summed E-state index contributed by atoms with van der Waals surface area (Å²) in [6, 6.07) is 8.20. The van der Waals surface area contributed by atoms with Crippen LogP contribution in [0.25, 0.3) is 22.3 Å². The highest BCUT2D eigenvalue weighted by molar-refractivity contribution is 7.08. The maximum atomic E-state index is 6.80. The standard InChI is InChI=1S/C21H17Cl2N3S/c1-12(20-16(22)5-4-15(21(20)23)13-2-3-13)26-11-25-18-9-24-17(8-19(18)26)14-6-7-27-10-14/h4-13H,2-3H2,1H3/t12-/m1/s1. The summed E-state index contributed by atoms with van der Waals surface area (Å²) < 4.78 is 2.14. The van der Waals surface area contributed by atoms with E-state index in [-0.39, 0.29) is 6.04 Å². The van der Waals surface area contributed by atoms with Crippen LogP contribution in [0.5, 0.6) is 0 Å². The molecule has 0 unspecified atom stereocenters. The number of halogens is 2. The fourth-order valence-electron chi connectivity index (χ4n) is 3.63. The SMILES string of the molecule is C[C@H](c1c(Cl)ccc(C2CC2)c1Cl)n1cnc2cnc(-c3ccsc3)cc21. The third-order valence-electron chi connectivity index (χ3n) is 5.29. The Hall–Kier alpha value is -1.88. The quantitative estimate of drug-likeness (QED) is 0.362. The van der Waals surface area contributed by atoms with Crippen LogP contribution in [0.2, 0.25) is 10.0 Å². The summed E-state index contributed by atoms with van der Waals surface area (Å²) >= 11 is 15.0. The summed E-state index contributed by atoms with van der Waals surface area (Å²) in [4.78, 5) is 9.09. The molecule has 1 aliphatic carbocycles. The van der Waals surface area contributed by atoms with E-state index in [2.05, 4.69) is 50.4 Å². The Balaban J connectivity index is 1.63. The summed E-state index contributed by atoms with van der Waals surface area (Å²) in [5, 5.41) is 5.66. The van der Waals surface area contributed by atoms with Crippen molar-refractivity contribution in [2.24, 2.45) is 0 Å². The van der Waals surface area contributed by atoms with Gasteiger partial charge < -0.3 is 4.57 Å². The van der Waals surface area contributed by atoms with E-state index in [0.29, 0.717) is 10.9 Å². The predicted molar refractivity (Wildman–Crippen MR) is 113 cm³/mol. The van der Waals surface area contributed by atoms with Gasteiger partial charge in [-0.2, -0.15) is 11.3 Å². The molecule has 4 aromatic rings. The van der Waals surface area contributed by atoms with E-state index in [4.69, 9.17) is 23.2 Å². The third-order valence-corrected chi connectivity index (χ3v) is 6.72. The average Bonchev–Trinajstić information content (AvgIpc) is 3.19. The topological polar surface area (TPSA) is 30.7 Å². The van der Waals surface area contributed by atoms with Crippen LogP contribution in [0.1, 0.15) is 42.9 Å². The highest BCUT2D eigenvalue weighted by Gasteiger charge is 2.29. The zero-order valence-electron chi connectivity index (χ0n) is 14.7. The van der Waals surface area contributed by atoms with Gasteiger partial charge in [0.25, 0.3) is 0 Å². The first-order valence-electron chi connectivity index (χ1n) is 8.96. The summed E-state index contributed by atoms with van der Waals surface area (Å²) in [5.41, 5.74) is 6.15. The number of hydrogen-bond acceptors (Lipinski definition) is 3. The van der Waals surface area contributed by atoms with Crippen LogP contribution in [0.15, 0.2) is 47.5 Å². The van der Waals surface area contributed by atoms with Crippen molar-refractivity contribution in [1.82, 2.24) is 14.5 Å². The maximum absolute atomic E-state index is 6.80. The Morgan fingerprint density at radius 3 is 2.78 bits per heavy atom. The molecule has 27 heavy (non-hydrogen) atoms. The number of pyridine rings is 1. The zero-order chi connectivity index (χ0) is 18.5. The molecular weight excluding hydrogens is 397 g/mol. The minimum absolute atomic E-state index is 0.0218. The first-order chi connectivity index (χ1) is 13.1. The van der Waals surface area contributed by atoms with Gasteiger partial charge in [-0.1, -0.05) is 29.3 Å². The normalized spacial score (nSPS) is 15.4. The Morgan fingerprint density at radius 2 is 2.04 bits per heavy atom. The Morgan fingerprint density at radius 1 is 1.19 bits per heavy atom. The number of fused-ring (bicyclic) bond motifs is 1. The van der Waals surface area contributed by atoms with E-state index in [1.165, 1.54) is 18.4 Å². The first-order valence-corrected chi connectivity index (χ1v) is 10.7. The highest BCUT2D eigenvalue weighted by Crippen LogP contribution is 2.47. The first kappa shape index (κ1) is 17.2. The monoisotopic (exact) mass is 413 g/mol. The average molecular weight is 414 g/mol. The van der Waals surface area contributed by atoms with Crippen LogP contribution in [0.3, 0.4) is 0 Å². The van der Waals surface area contributed by atoms with Crippen LogP contribution in [-0.4, -0.2) is 14.5 Å². The number of thiophene rings is 1. The molecule has 3 heterocycles. The lowest BCUT2D eigenvalue weighted by molar-refractivity contribution is 0.657. The molecule has 0 spiro atoms. The lowest BCUT2D eigenvalue weighted by atomic mass is 10.0. The van der Waals surface area contributed by atoms with Gasteiger partial charge in [0.05, 0.1) is 34.8 Å². The van der Waals surface area contributed by atoms with Crippen molar-refractivity contribution in [1.29, 1.82) is 0 Å². The van der Waals surface area contributed by atoms with Gasteiger partial charge in [0.15, 0.2) is 0 Å². The van der Waals surface area contributed by atoms with Crippen molar-refractivity contribution < 1.29 is 0 Å². The molecule has 1 atom stereocenters. The lowest BCUT2D eigenvalue weighted by Gasteiger charge is -2.20. The summed E-state index contributed by atoms with van der Waals surface area (Å²) in [5.74, 6) is 0.578. The molecule has 6 heteroatoms. The van der Waals surface area contributed by atoms with Gasteiger partial charge in [0.2, 0.25) is 0 Å².